The number of rotatable bonds is 5. The lowest BCUT2D eigenvalue weighted by Crippen LogP contribution is -2.47. The number of aromatic nitrogens is 1. The first kappa shape index (κ1) is 27.3. The topological polar surface area (TPSA) is 83.7 Å². The minimum Gasteiger partial charge on any atom is -0.463 e. The van der Waals surface area contributed by atoms with Gasteiger partial charge in [0.2, 0.25) is 0 Å². The summed E-state index contributed by atoms with van der Waals surface area (Å²) in [7, 11) is 2.12. The molecule has 0 saturated carbocycles. The highest BCUT2D eigenvalue weighted by Crippen LogP contribution is 2.48. The van der Waals surface area contributed by atoms with Crippen LogP contribution >= 0.6 is 0 Å². The Balaban J connectivity index is 1.56. The number of aromatic amines is 1. The van der Waals surface area contributed by atoms with Crippen LogP contribution in [0.3, 0.4) is 0 Å². The molecule has 3 atom stereocenters. The van der Waals surface area contributed by atoms with Crippen molar-refractivity contribution in [2.24, 2.45) is 0 Å². The van der Waals surface area contributed by atoms with Crippen LogP contribution in [0.15, 0.2) is 65.1 Å². The molecule has 1 aromatic heterocycles. The number of carbonyl (C=O) groups is 2. The second-order valence-electron chi connectivity index (χ2n) is 11.7. The number of nitrogens with zero attached hydrogens (tertiary/aromatic N) is 1. The van der Waals surface area contributed by atoms with Crippen molar-refractivity contribution in [2.45, 2.75) is 71.4 Å². The van der Waals surface area contributed by atoms with Crippen LogP contribution in [0.25, 0.3) is 10.9 Å². The predicted octanol–water partition coefficient (Wildman–Crippen LogP) is 6.02. The number of piperidine rings is 1. The summed E-state index contributed by atoms with van der Waals surface area (Å²) in [6, 6.07) is 12.3. The lowest BCUT2D eigenvalue weighted by molar-refractivity contribution is -0.147. The van der Waals surface area contributed by atoms with Crippen molar-refractivity contribution in [1.29, 1.82) is 0 Å². The van der Waals surface area contributed by atoms with E-state index >= 15 is 0 Å². The molecule has 7 heteroatoms. The summed E-state index contributed by atoms with van der Waals surface area (Å²) in [5.41, 5.74) is 9.03. The molecular formula is C34H39N3O4. The molecule has 6 rings (SSSR count). The summed E-state index contributed by atoms with van der Waals surface area (Å²) in [6.07, 6.45) is 5.12. The van der Waals surface area contributed by atoms with Gasteiger partial charge in [0, 0.05) is 34.9 Å². The van der Waals surface area contributed by atoms with Crippen LogP contribution in [-0.2, 0) is 19.1 Å². The number of likely N-dealkylation sites (tertiary alicyclic amines) is 1. The molecule has 2 unspecified atom stereocenters. The first-order valence-electron chi connectivity index (χ1n) is 14.7. The monoisotopic (exact) mass is 553 g/mol. The van der Waals surface area contributed by atoms with Gasteiger partial charge in [-0.05, 0) is 88.5 Å². The number of aryl methyl sites for hydroxylation is 3. The normalized spacial score (nSPS) is 23.3. The first-order chi connectivity index (χ1) is 19.8. The van der Waals surface area contributed by atoms with E-state index in [9.17, 15) is 9.59 Å². The number of ether oxygens (including phenoxy) is 2. The van der Waals surface area contributed by atoms with E-state index in [0.717, 1.165) is 70.4 Å². The molecule has 7 nitrogen and oxygen atoms in total. The van der Waals surface area contributed by atoms with Crippen molar-refractivity contribution in [3.8, 4) is 0 Å². The summed E-state index contributed by atoms with van der Waals surface area (Å²) >= 11 is 0. The van der Waals surface area contributed by atoms with Crippen molar-refractivity contribution < 1.29 is 19.1 Å². The summed E-state index contributed by atoms with van der Waals surface area (Å²) in [5, 5.41) is 4.65. The molecule has 3 aliphatic rings. The van der Waals surface area contributed by atoms with E-state index in [1.807, 2.05) is 37.4 Å². The fourth-order valence-corrected chi connectivity index (χ4v) is 7.26. The number of carbonyl (C=O) groups excluding carboxylic acids is 2. The van der Waals surface area contributed by atoms with Crippen LogP contribution in [-0.4, -0.2) is 48.1 Å². The largest absolute Gasteiger partial charge is 0.463 e. The third-order valence-corrected chi connectivity index (χ3v) is 8.94. The Morgan fingerprint density at radius 3 is 2.63 bits per heavy atom. The average Bonchev–Trinajstić information content (AvgIpc) is 3.41. The van der Waals surface area contributed by atoms with E-state index in [2.05, 4.69) is 55.2 Å². The van der Waals surface area contributed by atoms with Crippen molar-refractivity contribution in [1.82, 2.24) is 15.2 Å². The van der Waals surface area contributed by atoms with Crippen LogP contribution in [0.1, 0.15) is 72.4 Å². The van der Waals surface area contributed by atoms with Crippen molar-refractivity contribution >= 4 is 22.8 Å². The minimum absolute atomic E-state index is 0.0179. The fourth-order valence-electron chi connectivity index (χ4n) is 7.26. The molecule has 3 aromatic rings. The van der Waals surface area contributed by atoms with Gasteiger partial charge in [-0.25, -0.2) is 9.59 Å². The van der Waals surface area contributed by atoms with Crippen molar-refractivity contribution in [3.05, 3.63) is 93.0 Å². The maximum absolute atomic E-state index is 14.1. The second-order valence-corrected chi connectivity index (χ2v) is 11.7. The zero-order valence-electron chi connectivity index (χ0n) is 24.6. The van der Waals surface area contributed by atoms with E-state index in [0.29, 0.717) is 17.6 Å². The number of hydrogen-bond donors (Lipinski definition) is 2. The molecule has 0 radical (unpaired) electrons. The van der Waals surface area contributed by atoms with E-state index in [-0.39, 0.29) is 12.6 Å². The van der Waals surface area contributed by atoms with Crippen LogP contribution in [0.4, 0.5) is 0 Å². The highest BCUT2D eigenvalue weighted by atomic mass is 16.5. The Morgan fingerprint density at radius 2 is 1.90 bits per heavy atom. The first-order valence-corrected chi connectivity index (χ1v) is 14.7. The molecule has 4 heterocycles. The molecule has 1 fully saturated rings. The quantitative estimate of drug-likeness (QED) is 0.376. The van der Waals surface area contributed by atoms with E-state index in [1.54, 1.807) is 0 Å². The van der Waals surface area contributed by atoms with Gasteiger partial charge in [-0.1, -0.05) is 36.2 Å². The fraction of sp³-hybridized carbons (Fsp3) is 0.412. The Hall–Kier alpha value is -3.84. The molecule has 0 amide bonds. The Bertz CT molecular complexity index is 1570. The van der Waals surface area contributed by atoms with Gasteiger partial charge >= 0.3 is 11.9 Å². The maximum atomic E-state index is 14.1. The van der Waals surface area contributed by atoms with Crippen molar-refractivity contribution in [2.75, 3.05) is 20.2 Å². The molecular weight excluding hydrogens is 514 g/mol. The van der Waals surface area contributed by atoms with E-state index in [4.69, 9.17) is 9.47 Å². The van der Waals surface area contributed by atoms with Gasteiger partial charge in [0.15, 0.2) is 0 Å². The molecule has 2 aromatic carbocycles. The number of likely N-dealkylation sites (N-methyl/N-ethyl adjacent to an activating group) is 1. The Labute approximate surface area is 241 Å². The van der Waals surface area contributed by atoms with Crippen LogP contribution in [0.5, 0.6) is 0 Å². The lowest BCUT2D eigenvalue weighted by atomic mass is 9.75. The highest BCUT2D eigenvalue weighted by Gasteiger charge is 2.46. The third kappa shape index (κ3) is 4.76. The summed E-state index contributed by atoms with van der Waals surface area (Å²) in [5.74, 6) is -1.39. The molecule has 214 valence electrons. The average molecular weight is 554 g/mol. The highest BCUT2D eigenvalue weighted by molar-refractivity contribution is 6.02. The molecule has 2 N–H and O–H groups in total. The smallest absolute Gasteiger partial charge is 0.337 e. The van der Waals surface area contributed by atoms with Gasteiger partial charge in [-0.15, -0.1) is 0 Å². The molecule has 0 aliphatic carbocycles. The third-order valence-electron chi connectivity index (χ3n) is 8.94. The van der Waals surface area contributed by atoms with Crippen LogP contribution in [0.2, 0.25) is 0 Å². The van der Waals surface area contributed by atoms with E-state index in [1.165, 1.54) is 5.56 Å². The number of benzene rings is 2. The van der Waals surface area contributed by atoms with E-state index < -0.39 is 24.0 Å². The van der Waals surface area contributed by atoms with Gasteiger partial charge < -0.3 is 19.8 Å². The van der Waals surface area contributed by atoms with Crippen molar-refractivity contribution in [3.63, 3.8) is 0 Å². The number of cyclic esters (lactones) is 1. The minimum atomic E-state index is -0.608. The number of fused-ring (bicyclic) bond motifs is 1. The predicted molar refractivity (Wildman–Crippen MR) is 159 cm³/mol. The zero-order valence-corrected chi connectivity index (χ0v) is 24.6. The lowest BCUT2D eigenvalue weighted by Gasteiger charge is -2.42. The van der Waals surface area contributed by atoms with Crippen LogP contribution in [0, 0.1) is 20.8 Å². The number of dihydropyridines is 1. The maximum Gasteiger partial charge on any atom is 0.337 e. The number of esters is 2. The van der Waals surface area contributed by atoms with Gasteiger partial charge in [-0.3, -0.25) is 4.90 Å². The molecule has 3 aliphatic heterocycles. The van der Waals surface area contributed by atoms with Crippen LogP contribution < -0.4 is 5.32 Å². The number of hydrogen-bond acceptors (Lipinski definition) is 6. The SMILES string of the molecule is CCOC(=O)C1=C([C@H]2CCCCN2C)NC2=C(C(=O)OC(c3c(C)cc(C)cc3C)C2)C1c1cccc2[nH]ccc12. The number of nitrogens with one attached hydrogen (secondary N) is 2. The van der Waals surface area contributed by atoms with Gasteiger partial charge in [-0.2, -0.15) is 0 Å². The van der Waals surface area contributed by atoms with Gasteiger partial charge in [0.1, 0.15) is 6.10 Å². The molecule has 0 spiro atoms. The standard InChI is InChI=1S/C34H39N3O4/c1-6-40-33(38)31-29(23-10-9-11-24-22(23)13-14-35-24)30-25(36-32(31)26-12-7-8-15-37(26)5)18-27(41-34(30)39)28-20(3)16-19(2)17-21(28)4/h9-11,13-14,16-17,26-27,29,35-36H,6-8,12,15,18H2,1-5H3/t26-,27?,29?/m1/s1. The molecule has 1 saturated heterocycles. The summed E-state index contributed by atoms with van der Waals surface area (Å²) in [4.78, 5) is 33.6. The summed E-state index contributed by atoms with van der Waals surface area (Å²) < 4.78 is 11.9. The Morgan fingerprint density at radius 1 is 1.12 bits per heavy atom. The second kappa shape index (κ2) is 10.9. The van der Waals surface area contributed by atoms with Gasteiger partial charge in [0.05, 0.1) is 29.7 Å². The van der Waals surface area contributed by atoms with Gasteiger partial charge in [0.25, 0.3) is 0 Å². The molecule has 41 heavy (non-hydrogen) atoms. The zero-order chi connectivity index (χ0) is 28.8. The number of H-pyrrole nitrogens is 1. The Kier molecular flexibility index (Phi) is 7.24. The summed E-state index contributed by atoms with van der Waals surface area (Å²) in [6.45, 7) is 9.26. The molecule has 0 bridgehead atoms.